The molecule has 4 N–H and O–H groups in total. The van der Waals surface area contributed by atoms with E-state index in [0.717, 1.165) is 44.4 Å². The summed E-state index contributed by atoms with van der Waals surface area (Å²) in [5.74, 6) is -0.385. The Morgan fingerprint density at radius 3 is 3.14 bits per heavy atom. The lowest BCUT2D eigenvalue weighted by atomic mass is 10.0. The minimum absolute atomic E-state index is 0.0156. The quantitative estimate of drug-likeness (QED) is 0.334. The third-order valence-electron chi connectivity index (χ3n) is 3.64. The normalized spacial score (nSPS) is 17.2. The van der Waals surface area contributed by atoms with Gasteiger partial charge in [0.15, 0.2) is 0 Å². The van der Waals surface area contributed by atoms with Crippen LogP contribution in [0.5, 0.6) is 0 Å². The van der Waals surface area contributed by atoms with E-state index < -0.39 is 0 Å². The number of carbonyl (C=O) groups is 1. The van der Waals surface area contributed by atoms with E-state index in [1.165, 1.54) is 11.1 Å². The molecule has 0 saturated heterocycles. The summed E-state index contributed by atoms with van der Waals surface area (Å²) in [4.78, 5) is 13.7. The van der Waals surface area contributed by atoms with Gasteiger partial charge in [-0.15, -0.1) is 0 Å². The summed E-state index contributed by atoms with van der Waals surface area (Å²) < 4.78 is 0. The van der Waals surface area contributed by atoms with Crippen LogP contribution in [0.3, 0.4) is 0 Å². The first-order valence-corrected chi connectivity index (χ1v) is 7.16. The molecule has 1 aliphatic rings. The van der Waals surface area contributed by atoms with Gasteiger partial charge in [0.1, 0.15) is 6.21 Å². The zero-order chi connectivity index (χ0) is 15.2. The van der Waals surface area contributed by atoms with Crippen molar-refractivity contribution in [2.24, 2.45) is 5.16 Å². The topological polar surface area (TPSA) is 91.0 Å². The van der Waals surface area contributed by atoms with Crippen LogP contribution in [-0.4, -0.2) is 41.4 Å². The summed E-state index contributed by atoms with van der Waals surface area (Å²) in [6, 6.07) is 6.08. The van der Waals surface area contributed by atoms with Gasteiger partial charge < -0.3 is 16.3 Å². The molecule has 0 saturated carbocycles. The average molecular weight is 290 g/mol. The number of rotatable bonds is 4. The van der Waals surface area contributed by atoms with Gasteiger partial charge in [-0.25, -0.2) is 0 Å². The summed E-state index contributed by atoms with van der Waals surface area (Å²) in [6.07, 6.45) is 3.02. The molecule has 1 amide bonds. The second-order valence-corrected chi connectivity index (χ2v) is 5.52. The van der Waals surface area contributed by atoms with Crippen molar-refractivity contribution in [3.8, 4) is 0 Å². The molecule has 6 nitrogen and oxygen atoms in total. The molecule has 0 aliphatic carbocycles. The molecule has 1 aliphatic heterocycles. The molecule has 0 spiro atoms. The summed E-state index contributed by atoms with van der Waals surface area (Å²) in [5.41, 5.74) is 9.28. The molecule has 114 valence electrons. The maximum atomic E-state index is 11.4. The van der Waals surface area contributed by atoms with Crippen LogP contribution in [0.15, 0.2) is 23.4 Å². The third-order valence-corrected chi connectivity index (χ3v) is 3.64. The number of fused-ring (bicyclic) bond motifs is 1. The van der Waals surface area contributed by atoms with Crippen LogP contribution < -0.4 is 11.1 Å². The molecule has 0 radical (unpaired) electrons. The van der Waals surface area contributed by atoms with E-state index in [2.05, 4.69) is 21.4 Å². The molecule has 1 aromatic carbocycles. The molecule has 0 unspecified atom stereocenters. The van der Waals surface area contributed by atoms with Crippen molar-refractivity contribution in [1.82, 2.24) is 10.2 Å². The molecule has 0 bridgehead atoms. The molecular formula is C15H22N4O2. The minimum Gasteiger partial charge on any atom is -0.411 e. The Bertz CT molecular complexity index is 530. The molecular weight excluding hydrogens is 268 g/mol. The van der Waals surface area contributed by atoms with Gasteiger partial charge in [-0.3, -0.25) is 9.69 Å². The van der Waals surface area contributed by atoms with Crippen LogP contribution in [-0.2, 0) is 17.8 Å². The number of hydrogen-bond acceptors (Lipinski definition) is 5. The predicted octanol–water partition coefficient (Wildman–Crippen LogP) is 0.982. The highest BCUT2D eigenvalue weighted by Gasteiger charge is 2.17. The fraction of sp³-hybridized carbons (Fsp3) is 0.467. The van der Waals surface area contributed by atoms with Crippen molar-refractivity contribution in [3.63, 3.8) is 0 Å². The van der Waals surface area contributed by atoms with Crippen molar-refractivity contribution in [2.75, 3.05) is 18.8 Å². The van der Waals surface area contributed by atoms with E-state index in [4.69, 9.17) is 10.9 Å². The van der Waals surface area contributed by atoms with Gasteiger partial charge in [-0.2, -0.15) is 0 Å². The fourth-order valence-corrected chi connectivity index (χ4v) is 2.77. The fourth-order valence-electron chi connectivity index (χ4n) is 2.77. The second-order valence-electron chi connectivity index (χ2n) is 5.52. The lowest BCUT2D eigenvalue weighted by molar-refractivity contribution is -0.115. The van der Waals surface area contributed by atoms with E-state index in [1.807, 2.05) is 19.1 Å². The Labute approximate surface area is 124 Å². The van der Waals surface area contributed by atoms with E-state index >= 15 is 0 Å². The molecule has 6 heteroatoms. The zero-order valence-corrected chi connectivity index (χ0v) is 12.2. The number of hydrogen-bond donors (Lipinski definition) is 3. The lowest BCUT2D eigenvalue weighted by Crippen LogP contribution is -2.42. The van der Waals surface area contributed by atoms with Crippen LogP contribution in [0.25, 0.3) is 0 Å². The second kappa shape index (κ2) is 7.08. The Morgan fingerprint density at radius 1 is 1.57 bits per heavy atom. The number of nitrogens with zero attached hydrogens (tertiary/aromatic N) is 2. The Hall–Kier alpha value is -2.08. The number of nitrogen functional groups attached to an aromatic ring is 1. The summed E-state index contributed by atoms with van der Waals surface area (Å²) in [7, 11) is 0. The van der Waals surface area contributed by atoms with Crippen molar-refractivity contribution in [3.05, 3.63) is 29.3 Å². The largest absolute Gasteiger partial charge is 0.411 e. The smallest absolute Gasteiger partial charge is 0.266 e. The summed E-state index contributed by atoms with van der Waals surface area (Å²) >= 11 is 0. The van der Waals surface area contributed by atoms with Crippen LogP contribution >= 0.6 is 0 Å². The standard InChI is InChI=1S/C15H22N4O2/c1-11(18-15(20)8-17-21)9-19-6-2-3-12-4-5-14(16)7-13(12)10-19/h4-5,7-8,11,21H,2-3,6,9-10,16H2,1H3,(H,18,20)/b17-8-/t11-/m0/s1. The van der Waals surface area contributed by atoms with Gasteiger partial charge in [-0.05, 0) is 49.6 Å². The minimum atomic E-state index is -0.385. The van der Waals surface area contributed by atoms with Gasteiger partial charge in [0.05, 0.1) is 0 Å². The van der Waals surface area contributed by atoms with Gasteiger partial charge in [0, 0.05) is 24.8 Å². The number of oxime groups is 1. The van der Waals surface area contributed by atoms with Crippen molar-refractivity contribution in [1.29, 1.82) is 0 Å². The predicted molar refractivity (Wildman–Crippen MR) is 82.3 cm³/mol. The van der Waals surface area contributed by atoms with E-state index in [1.54, 1.807) is 0 Å². The Morgan fingerprint density at radius 2 is 2.38 bits per heavy atom. The monoisotopic (exact) mass is 290 g/mol. The molecule has 0 aromatic heterocycles. The van der Waals surface area contributed by atoms with E-state index in [-0.39, 0.29) is 11.9 Å². The maximum absolute atomic E-state index is 11.4. The first-order chi connectivity index (χ1) is 10.1. The number of anilines is 1. The highest BCUT2D eigenvalue weighted by atomic mass is 16.4. The summed E-state index contributed by atoms with van der Waals surface area (Å²) in [5, 5.41) is 13.8. The average Bonchev–Trinajstić information content (AvgIpc) is 2.59. The number of amides is 1. The number of nitrogens with one attached hydrogen (secondary N) is 1. The molecule has 1 atom stereocenters. The van der Waals surface area contributed by atoms with Crippen LogP contribution in [0, 0.1) is 0 Å². The lowest BCUT2D eigenvalue weighted by Gasteiger charge is -2.24. The molecule has 21 heavy (non-hydrogen) atoms. The first-order valence-electron chi connectivity index (χ1n) is 7.16. The third kappa shape index (κ3) is 4.46. The first kappa shape index (κ1) is 15.3. The van der Waals surface area contributed by atoms with Crippen LogP contribution in [0.4, 0.5) is 5.69 Å². The Balaban J connectivity index is 1.96. The Kier molecular flexibility index (Phi) is 5.16. The molecule has 2 rings (SSSR count). The number of carbonyl (C=O) groups excluding carboxylic acids is 1. The van der Waals surface area contributed by atoms with Crippen LogP contribution in [0.2, 0.25) is 0 Å². The van der Waals surface area contributed by atoms with Gasteiger partial charge >= 0.3 is 0 Å². The van der Waals surface area contributed by atoms with Gasteiger partial charge in [-0.1, -0.05) is 11.2 Å². The van der Waals surface area contributed by atoms with Gasteiger partial charge in [0.2, 0.25) is 0 Å². The van der Waals surface area contributed by atoms with Crippen molar-refractivity contribution < 1.29 is 10.0 Å². The highest BCUT2D eigenvalue weighted by Crippen LogP contribution is 2.21. The summed E-state index contributed by atoms with van der Waals surface area (Å²) in [6.45, 7) is 4.52. The SMILES string of the molecule is C[C@@H](CN1CCCc2ccc(N)cc2C1)NC(=O)/C=N\O. The maximum Gasteiger partial charge on any atom is 0.266 e. The van der Waals surface area contributed by atoms with E-state index in [0.29, 0.717) is 0 Å². The van der Waals surface area contributed by atoms with Crippen molar-refractivity contribution in [2.45, 2.75) is 32.4 Å². The van der Waals surface area contributed by atoms with Crippen LogP contribution in [0.1, 0.15) is 24.5 Å². The van der Waals surface area contributed by atoms with Gasteiger partial charge in [0.25, 0.3) is 5.91 Å². The zero-order valence-electron chi connectivity index (χ0n) is 12.2. The van der Waals surface area contributed by atoms with E-state index in [9.17, 15) is 4.79 Å². The number of aryl methyl sites for hydroxylation is 1. The number of benzene rings is 1. The number of nitrogens with two attached hydrogens (primary N) is 1. The van der Waals surface area contributed by atoms with Crippen molar-refractivity contribution >= 4 is 17.8 Å². The molecule has 1 heterocycles. The molecule has 1 aromatic rings. The molecule has 0 fully saturated rings. The highest BCUT2D eigenvalue weighted by molar-refractivity contribution is 6.26.